The molecule has 5 nitrogen and oxygen atoms in total. The van der Waals surface area contributed by atoms with Crippen molar-refractivity contribution in [1.29, 1.82) is 0 Å². The lowest BCUT2D eigenvalue weighted by Gasteiger charge is -2.18. The van der Waals surface area contributed by atoms with Crippen LogP contribution in [0.25, 0.3) is 0 Å². The van der Waals surface area contributed by atoms with Gasteiger partial charge in [-0.15, -0.1) is 0 Å². The van der Waals surface area contributed by atoms with Crippen LogP contribution in [-0.2, 0) is 0 Å². The maximum Gasteiger partial charge on any atom is 0.310 e. The molecule has 18 heavy (non-hydrogen) atoms. The van der Waals surface area contributed by atoms with Gasteiger partial charge in [0, 0.05) is 13.1 Å². The molecule has 0 aromatic heterocycles. The molecule has 1 aromatic rings. The highest BCUT2D eigenvalue weighted by Crippen LogP contribution is 2.37. The van der Waals surface area contributed by atoms with Gasteiger partial charge in [-0.3, -0.25) is 10.1 Å². The van der Waals surface area contributed by atoms with Crippen LogP contribution < -0.4 is 10.2 Å². The van der Waals surface area contributed by atoms with Gasteiger partial charge in [0.2, 0.25) is 0 Å². The lowest BCUT2D eigenvalue weighted by atomic mass is 10.1. The van der Waals surface area contributed by atoms with Crippen LogP contribution in [0.4, 0.5) is 11.4 Å². The number of hydrogen-bond donors (Lipinski definition) is 1. The monoisotopic (exact) mass is 269 g/mol. The molecule has 0 amide bonds. The Hall–Kier alpha value is -1.33. The maximum atomic E-state index is 11.1. The van der Waals surface area contributed by atoms with E-state index in [2.05, 4.69) is 5.32 Å². The van der Waals surface area contributed by atoms with E-state index in [1.54, 1.807) is 18.2 Å². The van der Waals surface area contributed by atoms with Crippen molar-refractivity contribution in [3.05, 3.63) is 33.3 Å². The average Bonchev–Trinajstić information content (AvgIpc) is 2.77. The van der Waals surface area contributed by atoms with Gasteiger partial charge in [0.25, 0.3) is 0 Å². The van der Waals surface area contributed by atoms with Crippen molar-refractivity contribution in [1.82, 2.24) is 5.32 Å². The van der Waals surface area contributed by atoms with Crippen LogP contribution in [0.15, 0.2) is 18.2 Å². The number of para-hydroxylation sites is 1. The highest BCUT2D eigenvalue weighted by molar-refractivity contribution is 6.33. The number of anilines is 1. The first-order chi connectivity index (χ1) is 8.63. The van der Waals surface area contributed by atoms with E-state index in [1.807, 2.05) is 11.9 Å². The molecule has 0 bridgehead atoms. The van der Waals surface area contributed by atoms with Gasteiger partial charge in [0.15, 0.2) is 0 Å². The summed E-state index contributed by atoms with van der Waals surface area (Å²) in [6.45, 7) is 2.61. The van der Waals surface area contributed by atoms with E-state index in [9.17, 15) is 10.1 Å². The summed E-state index contributed by atoms with van der Waals surface area (Å²) in [5.41, 5.74) is 0.648. The van der Waals surface area contributed by atoms with Crippen LogP contribution in [0.1, 0.15) is 6.42 Å². The molecule has 0 saturated carbocycles. The van der Waals surface area contributed by atoms with Crippen LogP contribution in [0.3, 0.4) is 0 Å². The number of nitrogens with zero attached hydrogens (tertiary/aromatic N) is 2. The first kappa shape index (κ1) is 13.1. The molecular formula is C12H16ClN3O2. The van der Waals surface area contributed by atoms with Gasteiger partial charge < -0.3 is 10.2 Å². The lowest BCUT2D eigenvalue weighted by molar-refractivity contribution is -0.384. The summed E-state index contributed by atoms with van der Waals surface area (Å²) in [5.74, 6) is 0.536. The van der Waals surface area contributed by atoms with Crippen LogP contribution in [-0.4, -0.2) is 31.6 Å². The fourth-order valence-electron chi connectivity index (χ4n) is 2.45. The van der Waals surface area contributed by atoms with Gasteiger partial charge in [0.05, 0.1) is 4.92 Å². The minimum Gasteiger partial charge on any atom is -0.366 e. The van der Waals surface area contributed by atoms with Gasteiger partial charge in [-0.1, -0.05) is 17.7 Å². The second kappa shape index (κ2) is 5.54. The summed E-state index contributed by atoms with van der Waals surface area (Å²) in [4.78, 5) is 12.7. The van der Waals surface area contributed by atoms with Gasteiger partial charge >= 0.3 is 5.69 Å². The standard InChI is InChI=1S/C12H16ClN3O2/c1-14-7-9-5-6-15(8-9)11-4-2-3-10(13)12(11)16(17)18/h2-4,9,14H,5-8H2,1H3. The normalized spacial score (nSPS) is 19.2. The largest absolute Gasteiger partial charge is 0.366 e. The summed E-state index contributed by atoms with van der Waals surface area (Å²) < 4.78 is 0. The van der Waals surface area contributed by atoms with Crippen molar-refractivity contribution in [2.75, 3.05) is 31.6 Å². The van der Waals surface area contributed by atoms with Gasteiger partial charge in [-0.05, 0) is 38.1 Å². The van der Waals surface area contributed by atoms with Crippen molar-refractivity contribution in [2.45, 2.75) is 6.42 Å². The Balaban J connectivity index is 2.24. The zero-order valence-electron chi connectivity index (χ0n) is 10.2. The van der Waals surface area contributed by atoms with E-state index in [0.717, 1.165) is 26.1 Å². The molecule has 0 radical (unpaired) electrons. The summed E-state index contributed by atoms with van der Waals surface area (Å²) in [6.07, 6.45) is 1.05. The Morgan fingerprint density at radius 3 is 3.06 bits per heavy atom. The number of benzene rings is 1. The fraction of sp³-hybridized carbons (Fsp3) is 0.500. The van der Waals surface area contributed by atoms with Crippen LogP contribution in [0.5, 0.6) is 0 Å². The second-order valence-electron chi connectivity index (χ2n) is 4.52. The molecule has 1 N–H and O–H groups in total. The molecule has 1 unspecified atom stereocenters. The first-order valence-electron chi connectivity index (χ1n) is 5.96. The van der Waals surface area contributed by atoms with E-state index >= 15 is 0 Å². The van der Waals surface area contributed by atoms with E-state index in [4.69, 9.17) is 11.6 Å². The topological polar surface area (TPSA) is 58.4 Å². The Morgan fingerprint density at radius 2 is 2.39 bits per heavy atom. The number of nitro groups is 1. The maximum absolute atomic E-state index is 11.1. The molecule has 1 aliphatic rings. The average molecular weight is 270 g/mol. The predicted molar refractivity (Wildman–Crippen MR) is 72.4 cm³/mol. The third-order valence-corrected chi connectivity index (χ3v) is 3.57. The lowest BCUT2D eigenvalue weighted by Crippen LogP contribution is -2.24. The summed E-state index contributed by atoms with van der Waals surface area (Å²) >= 11 is 5.92. The highest BCUT2D eigenvalue weighted by Gasteiger charge is 2.28. The number of nitro benzene ring substituents is 1. The number of rotatable bonds is 4. The summed E-state index contributed by atoms with van der Waals surface area (Å²) in [6, 6.07) is 5.09. The quantitative estimate of drug-likeness (QED) is 0.673. The molecule has 1 fully saturated rings. The van der Waals surface area contributed by atoms with Gasteiger partial charge in [-0.2, -0.15) is 0 Å². The zero-order valence-corrected chi connectivity index (χ0v) is 11.0. The number of halogens is 1. The first-order valence-corrected chi connectivity index (χ1v) is 6.33. The smallest absolute Gasteiger partial charge is 0.310 e. The SMILES string of the molecule is CNCC1CCN(c2cccc(Cl)c2[N+](=O)[O-])C1. The summed E-state index contributed by atoms with van der Waals surface area (Å²) in [5, 5.41) is 14.4. The molecule has 1 atom stereocenters. The Morgan fingerprint density at radius 1 is 1.61 bits per heavy atom. The molecule has 1 heterocycles. The van der Waals surface area contributed by atoms with Crippen LogP contribution >= 0.6 is 11.6 Å². The molecule has 0 spiro atoms. The molecule has 2 rings (SSSR count). The molecule has 0 aliphatic carbocycles. The van der Waals surface area contributed by atoms with E-state index in [-0.39, 0.29) is 10.7 Å². The van der Waals surface area contributed by atoms with Crippen LogP contribution in [0, 0.1) is 16.0 Å². The molecule has 1 saturated heterocycles. The third-order valence-electron chi connectivity index (χ3n) is 3.27. The Bertz CT molecular complexity index is 453. The third kappa shape index (κ3) is 2.57. The van der Waals surface area contributed by atoms with Crippen LogP contribution in [0.2, 0.25) is 5.02 Å². The summed E-state index contributed by atoms with van der Waals surface area (Å²) in [7, 11) is 1.92. The molecule has 1 aromatic carbocycles. The van der Waals surface area contributed by atoms with E-state index < -0.39 is 4.92 Å². The number of hydrogen-bond acceptors (Lipinski definition) is 4. The molecule has 6 heteroatoms. The Kier molecular flexibility index (Phi) is 4.04. The van der Waals surface area contributed by atoms with Crippen molar-refractivity contribution in [3.8, 4) is 0 Å². The fourth-order valence-corrected chi connectivity index (χ4v) is 2.69. The predicted octanol–water partition coefficient (Wildman–Crippen LogP) is 2.29. The van der Waals surface area contributed by atoms with Crippen molar-refractivity contribution < 1.29 is 4.92 Å². The molecule has 98 valence electrons. The minimum atomic E-state index is -0.400. The van der Waals surface area contributed by atoms with Gasteiger partial charge in [-0.25, -0.2) is 0 Å². The van der Waals surface area contributed by atoms with E-state index in [0.29, 0.717) is 11.6 Å². The molecular weight excluding hydrogens is 254 g/mol. The van der Waals surface area contributed by atoms with Gasteiger partial charge in [0.1, 0.15) is 10.7 Å². The highest BCUT2D eigenvalue weighted by atomic mass is 35.5. The second-order valence-corrected chi connectivity index (χ2v) is 4.93. The van der Waals surface area contributed by atoms with E-state index in [1.165, 1.54) is 0 Å². The molecule has 1 aliphatic heterocycles. The van der Waals surface area contributed by atoms with Crippen molar-refractivity contribution in [3.63, 3.8) is 0 Å². The zero-order chi connectivity index (χ0) is 13.1. The van der Waals surface area contributed by atoms with Crippen molar-refractivity contribution >= 4 is 23.0 Å². The number of nitrogens with one attached hydrogen (secondary N) is 1. The Labute approximate surface area is 111 Å². The van der Waals surface area contributed by atoms with Crippen molar-refractivity contribution in [2.24, 2.45) is 5.92 Å². The minimum absolute atomic E-state index is 0.0178.